The van der Waals surface area contributed by atoms with E-state index in [2.05, 4.69) is 18.3 Å². The quantitative estimate of drug-likeness (QED) is 0.557. The van der Waals surface area contributed by atoms with E-state index in [1.165, 1.54) is 6.08 Å². The van der Waals surface area contributed by atoms with Gasteiger partial charge in [0.2, 0.25) is 5.91 Å². The number of benzene rings is 2. The number of para-hydroxylation sites is 1. The highest BCUT2D eigenvalue weighted by Gasteiger charge is 2.23. The first kappa shape index (κ1) is 21.0. The normalized spacial score (nSPS) is 16.2. The first-order valence-corrected chi connectivity index (χ1v) is 10.7. The van der Waals surface area contributed by atoms with Gasteiger partial charge in [-0.05, 0) is 49.2 Å². The third kappa shape index (κ3) is 5.87. The van der Waals surface area contributed by atoms with Crippen molar-refractivity contribution in [3.63, 3.8) is 0 Å². The number of nitrogens with one attached hydrogen (secondary N) is 1. The third-order valence-corrected chi connectivity index (χ3v) is 5.83. The highest BCUT2D eigenvalue weighted by molar-refractivity contribution is 8.00. The standard InChI is InChI=1S/C23H26N2O3S/c1-3-28-23(27)13-10-18-8-11-19(12-9-18)24-16-22(26)25-15-14-17(2)29-21-7-5-4-6-20(21)25/h4-13,17,24H,3,14-16H2,1-2H3/b13-10+. The molecule has 1 N–H and O–H groups in total. The van der Waals surface area contributed by atoms with Crippen LogP contribution in [-0.4, -0.2) is 36.8 Å². The molecule has 0 fully saturated rings. The van der Waals surface area contributed by atoms with Crippen LogP contribution in [0.1, 0.15) is 25.8 Å². The van der Waals surface area contributed by atoms with Crippen LogP contribution >= 0.6 is 11.8 Å². The first-order valence-electron chi connectivity index (χ1n) is 9.81. The average Bonchev–Trinajstić information content (AvgIpc) is 2.89. The van der Waals surface area contributed by atoms with Crippen LogP contribution in [0.3, 0.4) is 0 Å². The summed E-state index contributed by atoms with van der Waals surface area (Å²) in [6.07, 6.45) is 4.08. The Hall–Kier alpha value is -2.73. The summed E-state index contributed by atoms with van der Waals surface area (Å²) in [4.78, 5) is 27.3. The zero-order valence-corrected chi connectivity index (χ0v) is 17.6. The van der Waals surface area contributed by atoms with Crippen LogP contribution in [-0.2, 0) is 14.3 Å². The summed E-state index contributed by atoms with van der Waals surface area (Å²) in [5.41, 5.74) is 2.74. The SMILES string of the molecule is CCOC(=O)/C=C/c1ccc(NCC(=O)N2CCC(C)Sc3ccccc32)cc1. The summed E-state index contributed by atoms with van der Waals surface area (Å²) in [5, 5.41) is 3.69. The summed E-state index contributed by atoms with van der Waals surface area (Å²) in [6.45, 7) is 5.29. The molecule has 1 atom stereocenters. The number of nitrogens with zero attached hydrogens (tertiary/aromatic N) is 1. The number of esters is 1. The lowest BCUT2D eigenvalue weighted by atomic mass is 10.2. The van der Waals surface area contributed by atoms with Crippen molar-refractivity contribution in [3.8, 4) is 0 Å². The van der Waals surface area contributed by atoms with E-state index in [0.29, 0.717) is 11.9 Å². The molecule has 2 aromatic rings. The van der Waals surface area contributed by atoms with Crippen LogP contribution in [0.2, 0.25) is 0 Å². The summed E-state index contributed by atoms with van der Waals surface area (Å²) < 4.78 is 4.87. The van der Waals surface area contributed by atoms with Crippen molar-refractivity contribution in [2.24, 2.45) is 0 Å². The molecule has 6 heteroatoms. The first-order chi connectivity index (χ1) is 14.1. The van der Waals surface area contributed by atoms with Gasteiger partial charge >= 0.3 is 5.97 Å². The van der Waals surface area contributed by atoms with Gasteiger partial charge in [-0.1, -0.05) is 31.2 Å². The Kier molecular flexibility index (Phi) is 7.36. The molecule has 1 unspecified atom stereocenters. The van der Waals surface area contributed by atoms with E-state index in [0.717, 1.165) is 34.8 Å². The van der Waals surface area contributed by atoms with Gasteiger partial charge in [0.1, 0.15) is 0 Å². The predicted molar refractivity (Wildman–Crippen MR) is 119 cm³/mol. The van der Waals surface area contributed by atoms with Crippen molar-refractivity contribution in [1.29, 1.82) is 0 Å². The molecular weight excluding hydrogens is 384 g/mol. The van der Waals surface area contributed by atoms with Crippen molar-refractivity contribution in [1.82, 2.24) is 0 Å². The summed E-state index contributed by atoms with van der Waals surface area (Å²) in [7, 11) is 0. The van der Waals surface area contributed by atoms with E-state index in [9.17, 15) is 9.59 Å². The zero-order chi connectivity index (χ0) is 20.6. The van der Waals surface area contributed by atoms with E-state index in [4.69, 9.17) is 4.74 Å². The van der Waals surface area contributed by atoms with Crippen molar-refractivity contribution >= 4 is 41.1 Å². The minimum Gasteiger partial charge on any atom is -0.463 e. The second kappa shape index (κ2) is 10.2. The molecule has 3 rings (SSSR count). The molecule has 0 aromatic heterocycles. The lowest BCUT2D eigenvalue weighted by Crippen LogP contribution is -2.36. The topological polar surface area (TPSA) is 58.6 Å². The number of hydrogen-bond donors (Lipinski definition) is 1. The fourth-order valence-electron chi connectivity index (χ4n) is 3.09. The van der Waals surface area contributed by atoms with E-state index in [-0.39, 0.29) is 18.4 Å². The molecule has 1 aliphatic rings. The molecule has 5 nitrogen and oxygen atoms in total. The number of amides is 1. The summed E-state index contributed by atoms with van der Waals surface area (Å²) >= 11 is 1.83. The predicted octanol–water partition coefficient (Wildman–Crippen LogP) is 4.59. The molecular formula is C23H26N2O3S. The minimum absolute atomic E-state index is 0.0541. The zero-order valence-electron chi connectivity index (χ0n) is 16.8. The second-order valence-electron chi connectivity index (χ2n) is 6.79. The number of ether oxygens (including phenoxy) is 1. The lowest BCUT2D eigenvalue weighted by Gasteiger charge is -2.23. The maximum atomic E-state index is 12.9. The van der Waals surface area contributed by atoms with Crippen molar-refractivity contribution in [2.45, 2.75) is 30.4 Å². The van der Waals surface area contributed by atoms with Crippen LogP contribution in [0.4, 0.5) is 11.4 Å². The fourth-order valence-corrected chi connectivity index (χ4v) is 4.20. The average molecular weight is 411 g/mol. The Labute approximate surface area is 176 Å². The van der Waals surface area contributed by atoms with Gasteiger partial charge < -0.3 is 15.0 Å². The molecule has 0 aliphatic carbocycles. The molecule has 29 heavy (non-hydrogen) atoms. The number of fused-ring (bicyclic) bond motifs is 1. The smallest absolute Gasteiger partial charge is 0.330 e. The number of carbonyl (C=O) groups excluding carboxylic acids is 2. The number of hydrogen-bond acceptors (Lipinski definition) is 5. The van der Waals surface area contributed by atoms with Crippen LogP contribution in [0.15, 0.2) is 59.5 Å². The van der Waals surface area contributed by atoms with Gasteiger partial charge in [-0.2, -0.15) is 0 Å². The molecule has 152 valence electrons. The number of rotatable bonds is 6. The van der Waals surface area contributed by atoms with Crippen LogP contribution < -0.4 is 10.2 Å². The molecule has 0 saturated carbocycles. The molecule has 2 aromatic carbocycles. The van der Waals surface area contributed by atoms with Crippen molar-refractivity contribution in [2.75, 3.05) is 29.9 Å². The van der Waals surface area contributed by atoms with Gasteiger partial charge in [0.15, 0.2) is 0 Å². The van der Waals surface area contributed by atoms with Gasteiger partial charge in [0.25, 0.3) is 0 Å². The highest BCUT2D eigenvalue weighted by atomic mass is 32.2. The summed E-state index contributed by atoms with van der Waals surface area (Å²) in [6, 6.07) is 15.7. The Morgan fingerprint density at radius 3 is 2.72 bits per heavy atom. The number of thioether (sulfide) groups is 1. The molecule has 0 radical (unpaired) electrons. The maximum Gasteiger partial charge on any atom is 0.330 e. The monoisotopic (exact) mass is 410 g/mol. The molecule has 0 saturated heterocycles. The molecule has 1 aliphatic heterocycles. The Bertz CT molecular complexity index is 880. The van der Waals surface area contributed by atoms with Crippen molar-refractivity contribution in [3.05, 3.63) is 60.2 Å². The van der Waals surface area contributed by atoms with Gasteiger partial charge in [0.05, 0.1) is 18.8 Å². The van der Waals surface area contributed by atoms with E-state index in [1.54, 1.807) is 13.0 Å². The number of carbonyl (C=O) groups is 2. The summed E-state index contributed by atoms with van der Waals surface area (Å²) in [5.74, 6) is -0.302. The highest BCUT2D eigenvalue weighted by Crippen LogP contribution is 2.37. The van der Waals surface area contributed by atoms with E-state index < -0.39 is 0 Å². The Balaban J connectivity index is 1.60. The van der Waals surface area contributed by atoms with Gasteiger partial charge in [-0.15, -0.1) is 11.8 Å². The van der Waals surface area contributed by atoms with Gasteiger partial charge in [0, 0.05) is 28.5 Å². The number of anilines is 2. The van der Waals surface area contributed by atoms with E-state index in [1.807, 2.05) is 59.1 Å². The van der Waals surface area contributed by atoms with Gasteiger partial charge in [-0.25, -0.2) is 4.79 Å². The second-order valence-corrected chi connectivity index (χ2v) is 8.27. The third-order valence-electron chi connectivity index (χ3n) is 4.60. The lowest BCUT2D eigenvalue weighted by molar-refractivity contribution is -0.137. The fraction of sp³-hybridized carbons (Fsp3) is 0.304. The Morgan fingerprint density at radius 1 is 1.21 bits per heavy atom. The molecule has 1 heterocycles. The largest absolute Gasteiger partial charge is 0.463 e. The van der Waals surface area contributed by atoms with E-state index >= 15 is 0 Å². The van der Waals surface area contributed by atoms with Crippen LogP contribution in [0, 0.1) is 0 Å². The molecule has 1 amide bonds. The van der Waals surface area contributed by atoms with Crippen molar-refractivity contribution < 1.29 is 14.3 Å². The molecule has 0 bridgehead atoms. The Morgan fingerprint density at radius 2 is 1.97 bits per heavy atom. The van der Waals surface area contributed by atoms with Gasteiger partial charge in [-0.3, -0.25) is 4.79 Å². The maximum absolute atomic E-state index is 12.9. The molecule has 0 spiro atoms. The van der Waals surface area contributed by atoms with Crippen LogP contribution in [0.25, 0.3) is 6.08 Å². The van der Waals surface area contributed by atoms with Crippen LogP contribution in [0.5, 0.6) is 0 Å². The minimum atomic E-state index is -0.356.